The van der Waals surface area contributed by atoms with Crippen LogP contribution in [-0.4, -0.2) is 48.6 Å². The van der Waals surface area contributed by atoms with Gasteiger partial charge in [0.05, 0.1) is 6.54 Å². The zero-order valence-electron chi connectivity index (χ0n) is 11.3. The maximum atomic E-state index is 12.0. The Morgan fingerprint density at radius 1 is 1.47 bits per heavy atom. The second kappa shape index (κ2) is 6.02. The molecule has 0 saturated carbocycles. The van der Waals surface area contributed by atoms with Gasteiger partial charge in [0, 0.05) is 26.3 Å². The number of likely N-dealkylation sites (N-methyl/N-ethyl adjacent to an activating group) is 1. The number of rotatable bonds is 6. The summed E-state index contributed by atoms with van der Waals surface area (Å²) in [6, 6.07) is 0. The molecule has 0 bridgehead atoms. The monoisotopic (exact) mass is 289 g/mol. The number of amides is 1. The molecule has 1 rings (SSSR count). The number of hydrogen-bond donors (Lipinski definition) is 2. The first-order chi connectivity index (χ1) is 8.81. The van der Waals surface area contributed by atoms with Gasteiger partial charge in [-0.15, -0.1) is 0 Å². The second-order valence-electron chi connectivity index (χ2n) is 3.94. The van der Waals surface area contributed by atoms with E-state index in [4.69, 9.17) is 5.73 Å². The summed E-state index contributed by atoms with van der Waals surface area (Å²) in [5, 5.41) is 3.75. The molecule has 0 aromatic carbocycles. The van der Waals surface area contributed by atoms with Crippen LogP contribution in [0.3, 0.4) is 0 Å². The number of aryl methyl sites for hydroxylation is 1. The van der Waals surface area contributed by atoms with Gasteiger partial charge in [-0.3, -0.25) is 9.48 Å². The molecule has 1 amide bonds. The molecular weight excluding hydrogens is 270 g/mol. The molecule has 0 radical (unpaired) electrons. The van der Waals surface area contributed by atoms with Gasteiger partial charge in [0.25, 0.3) is 0 Å². The van der Waals surface area contributed by atoms with E-state index in [9.17, 15) is 13.2 Å². The Hall–Kier alpha value is -1.61. The van der Waals surface area contributed by atoms with E-state index in [2.05, 4.69) is 9.82 Å². The molecule has 0 unspecified atom stereocenters. The highest BCUT2D eigenvalue weighted by atomic mass is 32.2. The highest BCUT2D eigenvalue weighted by Crippen LogP contribution is 2.14. The summed E-state index contributed by atoms with van der Waals surface area (Å²) in [7, 11) is -2.26. The summed E-state index contributed by atoms with van der Waals surface area (Å²) in [5.74, 6) is -0.374. The molecule has 0 spiro atoms. The fourth-order valence-corrected chi connectivity index (χ4v) is 2.69. The van der Waals surface area contributed by atoms with Gasteiger partial charge in [0.15, 0.2) is 5.82 Å². The van der Waals surface area contributed by atoms with Gasteiger partial charge >= 0.3 is 0 Å². The van der Waals surface area contributed by atoms with Crippen LogP contribution < -0.4 is 10.5 Å². The first kappa shape index (κ1) is 15.4. The number of carbonyl (C=O) groups excluding carboxylic acids is 1. The Labute approximate surface area is 112 Å². The molecule has 0 aliphatic carbocycles. The molecule has 0 aliphatic rings. The molecule has 0 aliphatic heterocycles. The highest BCUT2D eigenvalue weighted by Gasteiger charge is 2.22. The van der Waals surface area contributed by atoms with Crippen molar-refractivity contribution >= 4 is 21.7 Å². The average molecular weight is 289 g/mol. The first-order valence-corrected chi connectivity index (χ1v) is 7.36. The lowest BCUT2D eigenvalue weighted by molar-refractivity contribution is -0.129. The van der Waals surface area contributed by atoms with Crippen LogP contribution in [0.15, 0.2) is 11.1 Å². The van der Waals surface area contributed by atoms with Crippen LogP contribution in [0.4, 0.5) is 5.82 Å². The third-order valence-corrected chi connectivity index (χ3v) is 4.06. The van der Waals surface area contributed by atoms with Gasteiger partial charge in [-0.25, -0.2) is 13.1 Å². The average Bonchev–Trinajstić information content (AvgIpc) is 2.68. The van der Waals surface area contributed by atoms with Crippen LogP contribution in [0.25, 0.3) is 0 Å². The lowest BCUT2D eigenvalue weighted by Crippen LogP contribution is -2.40. The van der Waals surface area contributed by atoms with E-state index >= 15 is 0 Å². The predicted octanol–water partition coefficient (Wildman–Crippen LogP) is -0.851. The van der Waals surface area contributed by atoms with Crippen LogP contribution in [0.5, 0.6) is 0 Å². The summed E-state index contributed by atoms with van der Waals surface area (Å²) in [4.78, 5) is 13.1. The second-order valence-corrected chi connectivity index (χ2v) is 5.68. The van der Waals surface area contributed by atoms with Crippen LogP contribution in [-0.2, 0) is 21.9 Å². The minimum Gasteiger partial charge on any atom is -0.381 e. The van der Waals surface area contributed by atoms with E-state index in [0.29, 0.717) is 13.1 Å². The summed E-state index contributed by atoms with van der Waals surface area (Å²) in [5.41, 5.74) is 5.50. The van der Waals surface area contributed by atoms with Crippen molar-refractivity contribution in [2.45, 2.75) is 18.7 Å². The van der Waals surface area contributed by atoms with Gasteiger partial charge in [-0.1, -0.05) is 0 Å². The van der Waals surface area contributed by atoms with E-state index < -0.39 is 10.0 Å². The summed E-state index contributed by atoms with van der Waals surface area (Å²) in [6.07, 6.45) is 1.29. The predicted molar refractivity (Wildman–Crippen MR) is 70.7 cm³/mol. The van der Waals surface area contributed by atoms with Crippen molar-refractivity contribution in [3.8, 4) is 0 Å². The van der Waals surface area contributed by atoms with Crippen LogP contribution in [0.2, 0.25) is 0 Å². The van der Waals surface area contributed by atoms with Crippen molar-refractivity contribution in [1.29, 1.82) is 0 Å². The molecule has 1 aromatic rings. The minimum absolute atomic E-state index is 0.0923. The van der Waals surface area contributed by atoms with Crippen molar-refractivity contribution < 1.29 is 13.2 Å². The third kappa shape index (κ3) is 3.67. The van der Waals surface area contributed by atoms with E-state index in [1.807, 2.05) is 13.8 Å². The quantitative estimate of drug-likeness (QED) is 0.708. The molecule has 108 valence electrons. The number of nitrogens with zero attached hydrogens (tertiary/aromatic N) is 3. The molecule has 0 saturated heterocycles. The number of aromatic nitrogens is 2. The summed E-state index contributed by atoms with van der Waals surface area (Å²) >= 11 is 0. The maximum Gasteiger partial charge on any atom is 0.246 e. The van der Waals surface area contributed by atoms with Gasteiger partial charge in [-0.05, 0) is 13.8 Å². The number of anilines is 1. The molecule has 0 fully saturated rings. The van der Waals surface area contributed by atoms with Gasteiger partial charge < -0.3 is 10.6 Å². The normalized spacial score (nSPS) is 11.5. The maximum absolute atomic E-state index is 12.0. The molecule has 3 N–H and O–H groups in total. The lowest BCUT2D eigenvalue weighted by Gasteiger charge is -2.18. The van der Waals surface area contributed by atoms with Crippen molar-refractivity contribution in [3.63, 3.8) is 0 Å². The third-order valence-electron chi connectivity index (χ3n) is 2.64. The Morgan fingerprint density at radius 3 is 2.47 bits per heavy atom. The number of nitrogens with one attached hydrogen (secondary N) is 1. The van der Waals surface area contributed by atoms with Crippen molar-refractivity contribution in [3.05, 3.63) is 6.20 Å². The molecule has 0 atom stereocenters. The Kier molecular flexibility index (Phi) is 4.90. The van der Waals surface area contributed by atoms with Gasteiger partial charge in [0.1, 0.15) is 4.90 Å². The SMILES string of the molecule is CCN(CC)C(=O)CNS(=O)(=O)c1cn(C)nc1N. The number of sulfonamides is 1. The number of nitrogen functional groups attached to an aromatic ring is 1. The van der Waals surface area contributed by atoms with Crippen LogP contribution >= 0.6 is 0 Å². The van der Waals surface area contributed by atoms with Crippen LogP contribution in [0.1, 0.15) is 13.8 Å². The minimum atomic E-state index is -3.82. The van der Waals surface area contributed by atoms with E-state index in [-0.39, 0.29) is 23.2 Å². The molecule has 8 nitrogen and oxygen atoms in total. The zero-order chi connectivity index (χ0) is 14.6. The standard InChI is InChI=1S/C10H19N5O3S/c1-4-15(5-2)9(16)6-12-19(17,18)8-7-14(3)13-10(8)11/h7,12H,4-6H2,1-3H3,(H2,11,13). The summed E-state index contributed by atoms with van der Waals surface area (Å²) < 4.78 is 27.4. The van der Waals surface area contributed by atoms with Crippen LogP contribution in [0, 0.1) is 0 Å². The molecular formula is C10H19N5O3S. The Bertz CT molecular complexity index is 548. The number of hydrogen-bond acceptors (Lipinski definition) is 5. The molecule has 19 heavy (non-hydrogen) atoms. The van der Waals surface area contributed by atoms with Gasteiger partial charge in [-0.2, -0.15) is 5.10 Å². The van der Waals surface area contributed by atoms with Crippen molar-refractivity contribution in [1.82, 2.24) is 19.4 Å². The zero-order valence-corrected chi connectivity index (χ0v) is 12.1. The molecule has 9 heteroatoms. The van der Waals surface area contributed by atoms with E-state index in [0.717, 1.165) is 0 Å². The Balaban J connectivity index is 2.77. The smallest absolute Gasteiger partial charge is 0.246 e. The Morgan fingerprint density at radius 2 is 2.05 bits per heavy atom. The first-order valence-electron chi connectivity index (χ1n) is 5.88. The fraction of sp³-hybridized carbons (Fsp3) is 0.600. The molecule has 1 heterocycles. The topological polar surface area (TPSA) is 110 Å². The number of carbonyl (C=O) groups is 1. The number of nitrogens with two attached hydrogens (primary N) is 1. The van der Waals surface area contributed by atoms with Crippen molar-refractivity contribution in [2.24, 2.45) is 7.05 Å². The largest absolute Gasteiger partial charge is 0.381 e. The van der Waals surface area contributed by atoms with E-state index in [1.54, 1.807) is 7.05 Å². The van der Waals surface area contributed by atoms with Gasteiger partial charge in [0.2, 0.25) is 15.9 Å². The lowest BCUT2D eigenvalue weighted by atomic mass is 10.4. The highest BCUT2D eigenvalue weighted by molar-refractivity contribution is 7.89. The molecule has 1 aromatic heterocycles. The fourth-order valence-electron chi connectivity index (χ4n) is 1.61. The van der Waals surface area contributed by atoms with E-state index in [1.165, 1.54) is 15.8 Å². The van der Waals surface area contributed by atoms with Crippen molar-refractivity contribution in [2.75, 3.05) is 25.4 Å². The summed E-state index contributed by atoms with van der Waals surface area (Å²) in [6.45, 7) is 4.43.